The highest BCUT2D eigenvalue weighted by molar-refractivity contribution is 5.97. The van der Waals surface area contributed by atoms with Crippen LogP contribution < -0.4 is 11.1 Å². The number of para-hydroxylation sites is 1. The molecule has 0 radical (unpaired) electrons. The Morgan fingerprint density at radius 3 is 2.52 bits per heavy atom. The number of aryl methyl sites for hydroxylation is 1. The summed E-state index contributed by atoms with van der Waals surface area (Å²) in [4.78, 5) is 25.0. The summed E-state index contributed by atoms with van der Waals surface area (Å²) in [5.41, 5.74) is 7.59. The van der Waals surface area contributed by atoms with E-state index < -0.39 is 23.8 Å². The number of benzene rings is 2. The van der Waals surface area contributed by atoms with Crippen LogP contribution in [0.5, 0.6) is 0 Å². The average Bonchev–Trinajstić information content (AvgIpc) is 3.40. The lowest BCUT2D eigenvalue weighted by atomic mass is 10.1. The van der Waals surface area contributed by atoms with Gasteiger partial charge in [-0.05, 0) is 43.5 Å². The Morgan fingerprint density at radius 2 is 1.88 bits per heavy atom. The molecule has 0 spiro atoms. The lowest BCUT2D eigenvalue weighted by Crippen LogP contribution is -2.33. The summed E-state index contributed by atoms with van der Waals surface area (Å²) in [6.45, 7) is 1.78. The number of amides is 1. The van der Waals surface area contributed by atoms with Gasteiger partial charge in [0.2, 0.25) is 6.10 Å². The first-order valence-electron chi connectivity index (χ1n) is 8.07. The van der Waals surface area contributed by atoms with Gasteiger partial charge in [0.15, 0.2) is 0 Å². The predicted octanol–water partition coefficient (Wildman–Crippen LogP) is 2.89. The molecule has 0 aliphatic heterocycles. The molecule has 1 saturated carbocycles. The molecule has 1 fully saturated rings. The van der Waals surface area contributed by atoms with Gasteiger partial charge in [0.05, 0.1) is 5.56 Å². The van der Waals surface area contributed by atoms with Crippen LogP contribution in [0.25, 0.3) is 0 Å². The Bertz CT molecular complexity index is 801. The molecule has 0 bridgehead atoms. The van der Waals surface area contributed by atoms with Crippen molar-refractivity contribution in [2.24, 2.45) is 0 Å². The van der Waals surface area contributed by atoms with Crippen molar-refractivity contribution in [3.8, 4) is 0 Å². The molecule has 1 atom stereocenters. The fraction of sp³-hybridized carbons (Fsp3) is 0.263. The fourth-order valence-electron chi connectivity index (χ4n) is 2.44. The molecule has 2 aromatic rings. The van der Waals surface area contributed by atoms with Gasteiger partial charge < -0.3 is 15.8 Å². The third-order valence-electron chi connectivity index (χ3n) is 4.10. The van der Waals surface area contributed by atoms with E-state index in [0.29, 0.717) is 11.3 Å². The molecule has 1 amide bonds. The Morgan fingerprint density at radius 1 is 1.20 bits per heavy atom. The van der Waals surface area contributed by atoms with Gasteiger partial charge in [-0.2, -0.15) is 0 Å². The SMILES string of the molecule is Cc1cccc(C(=O)OC(C(=O)NC2CC2)c2ccc(F)cc2)c1N. The highest BCUT2D eigenvalue weighted by Crippen LogP contribution is 2.26. The molecule has 6 heteroatoms. The molecule has 130 valence electrons. The van der Waals surface area contributed by atoms with Crippen LogP contribution in [-0.2, 0) is 9.53 Å². The first-order chi connectivity index (χ1) is 12.0. The molecule has 0 saturated heterocycles. The van der Waals surface area contributed by atoms with Gasteiger partial charge in [0, 0.05) is 17.3 Å². The summed E-state index contributed by atoms with van der Waals surface area (Å²) in [5.74, 6) is -1.55. The highest BCUT2D eigenvalue weighted by atomic mass is 19.1. The second kappa shape index (κ2) is 6.93. The molecule has 1 unspecified atom stereocenters. The van der Waals surface area contributed by atoms with Gasteiger partial charge in [-0.1, -0.05) is 24.3 Å². The fourth-order valence-corrected chi connectivity index (χ4v) is 2.44. The van der Waals surface area contributed by atoms with E-state index in [-0.39, 0.29) is 11.6 Å². The second-order valence-corrected chi connectivity index (χ2v) is 6.16. The molecule has 1 aliphatic carbocycles. The number of nitrogens with two attached hydrogens (primary N) is 1. The van der Waals surface area contributed by atoms with Crippen molar-refractivity contribution >= 4 is 17.6 Å². The molecule has 0 aromatic heterocycles. The van der Waals surface area contributed by atoms with Gasteiger partial charge in [-0.3, -0.25) is 4.79 Å². The summed E-state index contributed by atoms with van der Waals surface area (Å²) in [5, 5.41) is 2.81. The van der Waals surface area contributed by atoms with Gasteiger partial charge in [0.1, 0.15) is 5.82 Å². The third-order valence-corrected chi connectivity index (χ3v) is 4.10. The monoisotopic (exact) mass is 342 g/mol. The van der Waals surface area contributed by atoms with Gasteiger partial charge in [0.25, 0.3) is 5.91 Å². The molecule has 2 aromatic carbocycles. The number of carbonyl (C=O) groups is 2. The van der Waals surface area contributed by atoms with Gasteiger partial charge in [-0.15, -0.1) is 0 Å². The molecule has 25 heavy (non-hydrogen) atoms. The Hall–Kier alpha value is -2.89. The van der Waals surface area contributed by atoms with E-state index in [1.54, 1.807) is 25.1 Å². The van der Waals surface area contributed by atoms with Crippen molar-refractivity contribution < 1.29 is 18.7 Å². The summed E-state index contributed by atoms with van der Waals surface area (Å²) in [6.07, 6.45) is 0.648. The Labute approximate surface area is 145 Å². The van der Waals surface area contributed by atoms with Crippen molar-refractivity contribution in [3.63, 3.8) is 0 Å². The Balaban J connectivity index is 1.85. The van der Waals surface area contributed by atoms with Crippen molar-refractivity contribution in [1.82, 2.24) is 5.32 Å². The van der Waals surface area contributed by atoms with Crippen LogP contribution in [0.15, 0.2) is 42.5 Å². The van der Waals surface area contributed by atoms with Crippen LogP contribution in [0.2, 0.25) is 0 Å². The van der Waals surface area contributed by atoms with Crippen molar-refractivity contribution in [3.05, 3.63) is 65.0 Å². The number of halogens is 1. The predicted molar refractivity (Wildman–Crippen MR) is 91.3 cm³/mol. The zero-order valence-electron chi connectivity index (χ0n) is 13.8. The summed E-state index contributed by atoms with van der Waals surface area (Å²) in [6, 6.07) is 10.4. The normalized spacial score (nSPS) is 14.6. The third kappa shape index (κ3) is 3.96. The molecule has 3 N–H and O–H groups in total. The summed E-state index contributed by atoms with van der Waals surface area (Å²) in [7, 11) is 0. The van der Waals surface area contributed by atoms with Crippen LogP contribution >= 0.6 is 0 Å². The first kappa shape index (κ1) is 17.0. The van der Waals surface area contributed by atoms with Crippen LogP contribution in [0, 0.1) is 12.7 Å². The second-order valence-electron chi connectivity index (χ2n) is 6.16. The maximum atomic E-state index is 13.2. The summed E-state index contributed by atoms with van der Waals surface area (Å²) < 4.78 is 18.6. The van der Waals surface area contributed by atoms with E-state index >= 15 is 0 Å². The van der Waals surface area contributed by atoms with Crippen LogP contribution in [0.4, 0.5) is 10.1 Å². The highest BCUT2D eigenvalue weighted by Gasteiger charge is 2.31. The molecular weight excluding hydrogens is 323 g/mol. The average molecular weight is 342 g/mol. The number of rotatable bonds is 5. The number of ether oxygens (including phenoxy) is 1. The van der Waals surface area contributed by atoms with Crippen molar-refractivity contribution in [1.29, 1.82) is 0 Å². The number of hydrogen-bond donors (Lipinski definition) is 2. The van der Waals surface area contributed by atoms with E-state index in [2.05, 4.69) is 5.32 Å². The number of esters is 1. The zero-order valence-corrected chi connectivity index (χ0v) is 13.8. The minimum atomic E-state index is -1.16. The van der Waals surface area contributed by atoms with Crippen LogP contribution in [0.3, 0.4) is 0 Å². The largest absolute Gasteiger partial charge is 0.444 e. The number of nitrogens with one attached hydrogen (secondary N) is 1. The van der Waals surface area contributed by atoms with Gasteiger partial charge >= 0.3 is 5.97 Å². The number of anilines is 1. The molecule has 1 aliphatic rings. The molecule has 5 nitrogen and oxygen atoms in total. The molecular formula is C19H19FN2O3. The van der Waals surface area contributed by atoms with E-state index in [9.17, 15) is 14.0 Å². The quantitative estimate of drug-likeness (QED) is 0.647. The Kier molecular flexibility index (Phi) is 4.70. The molecule has 0 heterocycles. The maximum absolute atomic E-state index is 13.2. The minimum Gasteiger partial charge on any atom is -0.444 e. The lowest BCUT2D eigenvalue weighted by Gasteiger charge is -2.19. The van der Waals surface area contributed by atoms with Crippen molar-refractivity contribution in [2.75, 3.05) is 5.73 Å². The molecule has 3 rings (SSSR count). The van der Waals surface area contributed by atoms with E-state index in [1.807, 2.05) is 0 Å². The van der Waals surface area contributed by atoms with Crippen molar-refractivity contribution in [2.45, 2.75) is 31.9 Å². The van der Waals surface area contributed by atoms with E-state index in [4.69, 9.17) is 10.5 Å². The number of carbonyl (C=O) groups excluding carboxylic acids is 2. The zero-order chi connectivity index (χ0) is 18.0. The van der Waals surface area contributed by atoms with Crippen LogP contribution in [0.1, 0.15) is 40.4 Å². The van der Waals surface area contributed by atoms with Crippen LogP contribution in [-0.4, -0.2) is 17.9 Å². The number of hydrogen-bond acceptors (Lipinski definition) is 4. The minimum absolute atomic E-state index is 0.109. The number of nitrogen functional groups attached to an aromatic ring is 1. The smallest absolute Gasteiger partial charge is 0.341 e. The van der Waals surface area contributed by atoms with E-state index in [1.165, 1.54) is 24.3 Å². The van der Waals surface area contributed by atoms with E-state index in [0.717, 1.165) is 18.4 Å². The lowest BCUT2D eigenvalue weighted by molar-refractivity contribution is -0.130. The maximum Gasteiger partial charge on any atom is 0.341 e. The summed E-state index contributed by atoms with van der Waals surface area (Å²) >= 11 is 0. The standard InChI is InChI=1S/C19H19FN2O3/c1-11-3-2-4-15(16(11)21)19(24)25-17(18(23)22-14-9-10-14)12-5-7-13(20)8-6-12/h2-8,14,17H,9-10,21H2,1H3,(H,22,23). The van der Waals surface area contributed by atoms with Gasteiger partial charge in [-0.25, -0.2) is 9.18 Å². The topological polar surface area (TPSA) is 81.4 Å². The first-order valence-corrected chi connectivity index (χ1v) is 8.07.